The number of imide groups is 1. The number of nitrogens with one attached hydrogen (secondary N) is 3. The molecule has 0 radical (unpaired) electrons. The van der Waals surface area contributed by atoms with Gasteiger partial charge in [0, 0.05) is 95.8 Å². The second-order valence-corrected chi connectivity index (χ2v) is 24.0. The van der Waals surface area contributed by atoms with Crippen LogP contribution in [0.1, 0.15) is 79.8 Å². The summed E-state index contributed by atoms with van der Waals surface area (Å²) >= 11 is 0. The van der Waals surface area contributed by atoms with Crippen LogP contribution in [0.4, 0.5) is 11.9 Å². The predicted molar refractivity (Wildman–Crippen MR) is 379 cm³/mol. The summed E-state index contributed by atoms with van der Waals surface area (Å²) in [6, 6.07) is 9.64. The van der Waals surface area contributed by atoms with E-state index in [0.29, 0.717) is 214 Å². The Morgan fingerprint density at radius 2 is 0.856 bits per heavy atom. The van der Waals surface area contributed by atoms with E-state index >= 15 is 0 Å². The molecule has 0 spiro atoms. The van der Waals surface area contributed by atoms with E-state index in [9.17, 15) is 33.6 Å². The van der Waals surface area contributed by atoms with Crippen LogP contribution in [0, 0.1) is 13.8 Å². The van der Waals surface area contributed by atoms with Gasteiger partial charge in [-0.05, 0) is 76.9 Å². The number of carbonyl (C=O) groups excluding carboxylic acids is 7. The van der Waals surface area contributed by atoms with Crippen molar-refractivity contribution < 1.29 is 90.4 Å². The molecule has 0 aliphatic carbocycles. The molecule has 2 aliphatic heterocycles. The van der Waals surface area contributed by atoms with Gasteiger partial charge in [-0.1, -0.05) is 0 Å². The summed E-state index contributed by atoms with van der Waals surface area (Å²) in [6.45, 7) is 22.7. The second-order valence-electron chi connectivity index (χ2n) is 24.0. The molecule has 570 valence electrons. The number of piperazine rings is 1. The number of hydrogen-bond acceptors (Lipinski definition) is 25. The van der Waals surface area contributed by atoms with Gasteiger partial charge in [0.25, 0.3) is 23.6 Å². The van der Waals surface area contributed by atoms with E-state index in [2.05, 4.69) is 40.9 Å². The molecule has 8 rings (SSSR count). The third-order valence-corrected chi connectivity index (χ3v) is 16.4. The van der Waals surface area contributed by atoms with Crippen molar-refractivity contribution in [2.75, 3.05) is 208 Å². The maximum atomic E-state index is 14.0. The number of nitrogens with zero attached hydrogens (tertiary/aromatic N) is 11. The summed E-state index contributed by atoms with van der Waals surface area (Å²) in [5.41, 5.74) is 15.8. The number of amides is 7. The fourth-order valence-corrected chi connectivity index (χ4v) is 11.2. The standard InChI is InChI=1S/C69H100N16O19/c1-6-84-55(42-49(3)77-84)66(91)75-68-73-53-44-51(64(70)89)46-57(62(53)79(68)5)103-21-9-14-82-63-54(74-69(82)76-67(92)56-43-50(4)78-85(56)7-2)45-52(65(71)90)47-58(63)104-20-8-13-80-15-17-81(18-16-80)19-23-94-25-27-96-29-31-98-33-35-100-37-39-102-41-40-101-38-36-99-34-32-97-30-28-95-26-24-93-22-12-72-59(86)48-83-60(87)10-11-61(83)88/h10-11,42-47H,6-9,12-41,48H2,1-5H3,(H2,70,89)(H2,71,90)(H,72,86)(H,73,75,91)(H,74,76,92). The summed E-state index contributed by atoms with van der Waals surface area (Å²) in [5, 5.41) is 17.3. The molecule has 6 heterocycles. The average Bonchev–Trinajstić information content (AvgIpc) is 1.64. The van der Waals surface area contributed by atoms with E-state index in [1.165, 1.54) is 6.07 Å². The molecule has 104 heavy (non-hydrogen) atoms. The molecular formula is C69H100N16O19. The smallest absolute Gasteiger partial charge is 0.276 e. The van der Waals surface area contributed by atoms with Gasteiger partial charge in [-0.3, -0.25) is 63.4 Å². The van der Waals surface area contributed by atoms with Gasteiger partial charge in [-0.25, -0.2) is 9.97 Å². The molecule has 4 aromatic heterocycles. The minimum Gasteiger partial charge on any atom is -0.491 e. The summed E-state index contributed by atoms with van der Waals surface area (Å²) in [4.78, 5) is 103. The number of rotatable bonds is 53. The third-order valence-electron chi connectivity index (χ3n) is 16.4. The molecule has 7 amide bonds. The minimum absolute atomic E-state index is 0.0999. The largest absolute Gasteiger partial charge is 0.491 e. The molecule has 0 unspecified atom stereocenters. The number of fused-ring (bicyclic) bond motifs is 2. The topological polar surface area (TPSA) is 399 Å². The highest BCUT2D eigenvalue weighted by Crippen LogP contribution is 2.33. The van der Waals surface area contributed by atoms with Gasteiger partial charge in [-0.2, -0.15) is 10.2 Å². The highest BCUT2D eigenvalue weighted by molar-refractivity contribution is 6.14. The number of carbonyl (C=O) groups is 7. The summed E-state index contributed by atoms with van der Waals surface area (Å²) < 4.78 is 75.3. The Bertz CT molecular complexity index is 3770. The summed E-state index contributed by atoms with van der Waals surface area (Å²) in [7, 11) is 1.72. The number of primary amides is 2. The van der Waals surface area contributed by atoms with Crippen LogP contribution in [0.25, 0.3) is 22.1 Å². The van der Waals surface area contributed by atoms with Crippen LogP contribution in [-0.4, -0.2) is 292 Å². The molecule has 2 aromatic carbocycles. The van der Waals surface area contributed by atoms with E-state index in [0.717, 1.165) is 56.3 Å². The van der Waals surface area contributed by atoms with Crippen molar-refractivity contribution in [3.8, 4) is 11.5 Å². The Morgan fingerprint density at radius 3 is 1.30 bits per heavy atom. The Hall–Kier alpha value is -8.85. The quantitative estimate of drug-likeness (QED) is 0.0268. The first-order valence-corrected chi connectivity index (χ1v) is 35.2. The van der Waals surface area contributed by atoms with Gasteiger partial charge < -0.3 is 87.7 Å². The number of hydrogen-bond donors (Lipinski definition) is 5. The van der Waals surface area contributed by atoms with Crippen LogP contribution in [0.15, 0.2) is 48.6 Å². The van der Waals surface area contributed by atoms with E-state index in [1.54, 1.807) is 58.2 Å². The van der Waals surface area contributed by atoms with Crippen molar-refractivity contribution in [3.63, 3.8) is 0 Å². The first kappa shape index (κ1) is 80.8. The van der Waals surface area contributed by atoms with Gasteiger partial charge >= 0.3 is 0 Å². The van der Waals surface area contributed by atoms with Crippen LogP contribution in [0.3, 0.4) is 0 Å². The fourth-order valence-electron chi connectivity index (χ4n) is 11.2. The highest BCUT2D eigenvalue weighted by Gasteiger charge is 2.27. The first-order valence-electron chi connectivity index (χ1n) is 35.2. The Labute approximate surface area is 603 Å². The van der Waals surface area contributed by atoms with Gasteiger partial charge in [0.2, 0.25) is 29.6 Å². The Morgan fingerprint density at radius 1 is 0.471 bits per heavy atom. The van der Waals surface area contributed by atoms with Crippen LogP contribution >= 0.6 is 0 Å². The lowest BCUT2D eigenvalue weighted by Crippen LogP contribution is -2.47. The minimum atomic E-state index is -0.693. The summed E-state index contributed by atoms with van der Waals surface area (Å²) in [6.07, 6.45) is 3.29. The van der Waals surface area contributed by atoms with Crippen molar-refractivity contribution in [1.82, 2.24) is 58.7 Å². The molecule has 7 N–H and O–H groups in total. The second kappa shape index (κ2) is 43.4. The molecule has 0 saturated carbocycles. The third kappa shape index (κ3) is 25.5. The van der Waals surface area contributed by atoms with Crippen LogP contribution in [0.2, 0.25) is 0 Å². The van der Waals surface area contributed by atoms with Crippen molar-refractivity contribution in [1.29, 1.82) is 0 Å². The lowest BCUT2D eigenvalue weighted by molar-refractivity contribution is -0.141. The SMILES string of the molecule is CCn1nc(C)cc1C(=O)Nc1nc2cc(C(N)=O)cc(OCCCn3c(NC(=O)c4cc(C)nn4CC)nc4cc(C(N)=O)cc(OCCCN5CCN(CCOCCOCCOCCOCCOCCOCCOCCOCCOCCOCCNC(=O)CN6C(=O)C=CC6=O)CC5)c43)c2n1C. The number of ether oxygens (including phenoxy) is 12. The van der Waals surface area contributed by atoms with Gasteiger partial charge in [-0.15, -0.1) is 0 Å². The number of anilines is 2. The number of nitrogens with two attached hydrogens (primary N) is 2. The van der Waals surface area contributed by atoms with Crippen LogP contribution < -0.4 is 36.9 Å². The lowest BCUT2D eigenvalue weighted by Gasteiger charge is -2.34. The maximum Gasteiger partial charge on any atom is 0.276 e. The number of imidazole rings is 2. The van der Waals surface area contributed by atoms with Crippen molar-refractivity contribution in [2.24, 2.45) is 18.5 Å². The molecule has 0 atom stereocenters. The molecule has 35 heteroatoms. The van der Waals surface area contributed by atoms with E-state index in [4.69, 9.17) is 73.3 Å². The predicted octanol–water partition coefficient (Wildman–Crippen LogP) is 1.74. The van der Waals surface area contributed by atoms with E-state index in [1.807, 2.05) is 25.3 Å². The zero-order chi connectivity index (χ0) is 74.0. The van der Waals surface area contributed by atoms with Crippen LogP contribution in [-0.2, 0) is 88.4 Å². The zero-order valence-electron chi connectivity index (χ0n) is 60.2. The van der Waals surface area contributed by atoms with Gasteiger partial charge in [0.1, 0.15) is 40.5 Å². The fraction of sp³-hybridized carbons (Fsp3) is 0.580. The van der Waals surface area contributed by atoms with E-state index in [-0.39, 0.29) is 55.9 Å². The number of aryl methyl sites for hydroxylation is 6. The molecule has 0 bridgehead atoms. The zero-order valence-corrected chi connectivity index (χ0v) is 60.2. The monoisotopic (exact) mass is 1460 g/mol. The highest BCUT2D eigenvalue weighted by atomic mass is 16.6. The number of aromatic nitrogens is 8. The Balaban J connectivity index is 0.646. The normalized spacial score (nSPS) is 13.5. The maximum absolute atomic E-state index is 14.0. The van der Waals surface area contributed by atoms with Gasteiger partial charge in [0.15, 0.2) is 0 Å². The molecular weight excluding hydrogens is 1360 g/mol. The van der Waals surface area contributed by atoms with Crippen LogP contribution in [0.5, 0.6) is 11.5 Å². The molecule has 1 fully saturated rings. The summed E-state index contributed by atoms with van der Waals surface area (Å²) in [5.74, 6) is -2.60. The molecule has 2 aliphatic rings. The van der Waals surface area contributed by atoms with Crippen molar-refractivity contribution >= 4 is 75.3 Å². The first-order chi connectivity index (χ1) is 50.5. The molecule has 6 aromatic rings. The molecule has 35 nitrogen and oxygen atoms in total. The van der Waals surface area contributed by atoms with Crippen molar-refractivity contribution in [2.45, 2.75) is 60.2 Å². The van der Waals surface area contributed by atoms with E-state index < -0.39 is 41.4 Å². The average molecular weight is 1460 g/mol. The van der Waals surface area contributed by atoms with Crippen molar-refractivity contribution in [3.05, 3.63) is 82.5 Å². The lowest BCUT2D eigenvalue weighted by atomic mass is 10.1. The molecule has 1 saturated heterocycles. The Kier molecular flexibility index (Phi) is 33.8. The number of benzene rings is 2. The van der Waals surface area contributed by atoms with Gasteiger partial charge in [0.05, 0.1) is 168 Å².